The van der Waals surface area contributed by atoms with Crippen LogP contribution in [-0.2, 0) is 6.42 Å². The number of anilines is 2. The van der Waals surface area contributed by atoms with Gasteiger partial charge >= 0.3 is 6.18 Å². The average molecular weight is 684 g/mol. The molecule has 14 heteroatoms. The summed E-state index contributed by atoms with van der Waals surface area (Å²) in [6.45, 7) is 0. The molecule has 0 saturated heterocycles. The van der Waals surface area contributed by atoms with E-state index >= 15 is 0 Å². The first-order valence-corrected chi connectivity index (χ1v) is 13.6. The van der Waals surface area contributed by atoms with Crippen molar-refractivity contribution in [1.82, 2.24) is 0 Å². The summed E-state index contributed by atoms with van der Waals surface area (Å²) >= 11 is 35.7. The monoisotopic (exact) mass is 681 g/mol. The van der Waals surface area contributed by atoms with E-state index in [1.54, 1.807) is 36.4 Å². The molecule has 5 rings (SSSR count). The quantitative estimate of drug-likeness (QED) is 0.210. The number of hydrogen-bond acceptors (Lipinski definition) is 5. The Hall–Kier alpha value is -2.72. The summed E-state index contributed by atoms with van der Waals surface area (Å²) in [6, 6.07) is 15.3. The molecule has 0 saturated carbocycles. The lowest BCUT2D eigenvalue weighted by molar-refractivity contribution is -0.0597. The lowest BCUT2D eigenvalue weighted by atomic mass is 10.1. The van der Waals surface area contributed by atoms with Gasteiger partial charge in [0.2, 0.25) is 0 Å². The molecule has 0 bridgehead atoms. The van der Waals surface area contributed by atoms with E-state index in [0.717, 1.165) is 0 Å². The predicted octanol–water partition coefficient (Wildman–Crippen LogP) is 11.2. The number of nitrogen functional groups attached to an aromatic ring is 2. The van der Waals surface area contributed by atoms with E-state index in [9.17, 15) is 13.2 Å². The van der Waals surface area contributed by atoms with E-state index in [-0.39, 0.29) is 27.9 Å². The highest BCUT2D eigenvalue weighted by atomic mass is 35.5. The Bertz CT molecular complexity index is 1660. The van der Waals surface area contributed by atoms with E-state index in [1.165, 1.54) is 24.3 Å². The van der Waals surface area contributed by atoms with Gasteiger partial charge in [-0.25, -0.2) is 4.99 Å². The van der Waals surface area contributed by atoms with Gasteiger partial charge in [0, 0.05) is 22.5 Å². The van der Waals surface area contributed by atoms with Gasteiger partial charge in [-0.2, -0.15) is 13.2 Å². The summed E-state index contributed by atoms with van der Waals surface area (Å²) in [5, 5.41) is 2.10. The highest BCUT2D eigenvalue weighted by Crippen LogP contribution is 2.42. The number of alkyl halides is 3. The van der Waals surface area contributed by atoms with E-state index in [1.807, 2.05) is 0 Å². The van der Waals surface area contributed by atoms with Crippen LogP contribution in [0.3, 0.4) is 0 Å². The molecule has 0 amide bonds. The molecule has 0 radical (unpaired) electrons. The Morgan fingerprint density at radius 3 is 1.59 bits per heavy atom. The van der Waals surface area contributed by atoms with Crippen LogP contribution in [-0.4, -0.2) is 11.9 Å². The third-order valence-corrected chi connectivity index (χ3v) is 7.09. The van der Waals surface area contributed by atoms with Crippen LogP contribution in [0.5, 0.6) is 23.0 Å². The molecule has 41 heavy (non-hydrogen) atoms. The van der Waals surface area contributed by atoms with Crippen molar-refractivity contribution in [1.29, 1.82) is 0 Å². The van der Waals surface area contributed by atoms with Gasteiger partial charge in [-0.3, -0.25) is 0 Å². The van der Waals surface area contributed by atoms with Gasteiger partial charge < -0.3 is 20.9 Å². The second-order valence-electron chi connectivity index (χ2n) is 8.41. The Labute approximate surface area is 262 Å². The van der Waals surface area contributed by atoms with Crippen molar-refractivity contribution in [3.63, 3.8) is 0 Å². The van der Waals surface area contributed by atoms with Crippen molar-refractivity contribution in [3.05, 3.63) is 96.4 Å². The molecule has 1 heterocycles. The van der Waals surface area contributed by atoms with Crippen molar-refractivity contribution in [2.24, 2.45) is 4.99 Å². The molecule has 4 aromatic carbocycles. The van der Waals surface area contributed by atoms with Crippen molar-refractivity contribution >= 4 is 92.4 Å². The Morgan fingerprint density at radius 2 is 1.07 bits per heavy atom. The number of ether oxygens (including phenoxy) is 2. The second kappa shape index (κ2) is 12.7. The molecule has 0 aromatic heterocycles. The zero-order valence-electron chi connectivity index (χ0n) is 20.3. The van der Waals surface area contributed by atoms with E-state index < -0.39 is 11.9 Å². The van der Waals surface area contributed by atoms with E-state index in [0.29, 0.717) is 54.3 Å². The SMILES string of the molecule is FC(F)(F)C1=Nc2cc(Cl)c(Oc3ccc(Cl)cc3Cl)cc2C1.Nc1cc(Cl)c(Oc2ccc(Cl)cc2Cl)cc1N. The van der Waals surface area contributed by atoms with Crippen LogP contribution in [0.25, 0.3) is 0 Å². The van der Waals surface area contributed by atoms with E-state index in [2.05, 4.69) is 4.99 Å². The highest BCUT2D eigenvalue weighted by molar-refractivity contribution is 6.36. The summed E-state index contributed by atoms with van der Waals surface area (Å²) in [7, 11) is 0. The largest absolute Gasteiger partial charge is 0.454 e. The Balaban J connectivity index is 0.000000195. The Kier molecular flexibility index (Phi) is 9.63. The fraction of sp³-hybridized carbons (Fsp3) is 0.0741. The highest BCUT2D eigenvalue weighted by Gasteiger charge is 2.38. The zero-order chi connectivity index (χ0) is 30.1. The third kappa shape index (κ3) is 7.77. The van der Waals surface area contributed by atoms with Gasteiger partial charge in [0.25, 0.3) is 0 Å². The molecule has 0 atom stereocenters. The van der Waals surface area contributed by atoms with Crippen molar-refractivity contribution in [3.8, 4) is 23.0 Å². The lowest BCUT2D eigenvalue weighted by Gasteiger charge is -2.11. The maximum absolute atomic E-state index is 12.7. The first-order chi connectivity index (χ1) is 19.2. The molecule has 4 aromatic rings. The van der Waals surface area contributed by atoms with Crippen LogP contribution in [0.2, 0.25) is 30.1 Å². The van der Waals surface area contributed by atoms with Crippen LogP contribution in [0.15, 0.2) is 65.7 Å². The minimum Gasteiger partial charge on any atom is -0.454 e. The van der Waals surface area contributed by atoms with Gasteiger partial charge in [-0.15, -0.1) is 0 Å². The van der Waals surface area contributed by atoms with E-state index in [4.69, 9.17) is 90.5 Å². The van der Waals surface area contributed by atoms with Crippen LogP contribution in [0, 0.1) is 0 Å². The number of fused-ring (bicyclic) bond motifs is 1. The minimum atomic E-state index is -4.47. The minimum absolute atomic E-state index is 0.141. The molecular weight excluding hydrogens is 668 g/mol. The summed E-state index contributed by atoms with van der Waals surface area (Å²) in [5.41, 5.74) is 11.8. The fourth-order valence-corrected chi connectivity index (χ4v) is 4.75. The maximum atomic E-state index is 12.7. The molecule has 0 unspecified atom stereocenters. The van der Waals surface area contributed by atoms with Crippen LogP contribution < -0.4 is 20.9 Å². The fourth-order valence-electron chi connectivity index (χ4n) is 3.45. The van der Waals surface area contributed by atoms with Gasteiger partial charge in [-0.05, 0) is 60.2 Å². The zero-order valence-corrected chi connectivity index (χ0v) is 24.8. The number of benzene rings is 4. The lowest BCUT2D eigenvalue weighted by Crippen LogP contribution is -2.22. The molecule has 1 aliphatic rings. The van der Waals surface area contributed by atoms with Crippen LogP contribution >= 0.6 is 69.6 Å². The average Bonchev–Trinajstić information content (AvgIpc) is 3.30. The number of hydrogen-bond donors (Lipinski definition) is 2. The molecule has 5 nitrogen and oxygen atoms in total. The molecule has 4 N–H and O–H groups in total. The topological polar surface area (TPSA) is 82.9 Å². The standard InChI is InChI=1S/C15H7Cl3F3NO.C12H9Cl3N2O/c16-8-1-2-12(9(17)5-8)23-13-3-7-4-14(15(19,20)21)22-11(7)6-10(13)18;13-6-1-2-11(7(14)3-6)18-12-5-10(17)9(16)4-8(12)15/h1-3,5-6H,4H2;1-5H,16-17H2. The van der Waals surface area contributed by atoms with Crippen molar-refractivity contribution in [2.45, 2.75) is 12.6 Å². The molecular formula is C27H16Cl6F3N3O2. The summed E-state index contributed by atoms with van der Waals surface area (Å²) < 4.78 is 49.4. The van der Waals surface area contributed by atoms with Gasteiger partial charge in [-0.1, -0.05) is 69.6 Å². The predicted molar refractivity (Wildman–Crippen MR) is 162 cm³/mol. The maximum Gasteiger partial charge on any atom is 0.429 e. The third-order valence-electron chi connectivity index (χ3n) is 5.44. The normalized spacial score (nSPS) is 12.3. The second-order valence-corrected chi connectivity index (χ2v) is 10.9. The first-order valence-electron chi connectivity index (χ1n) is 11.3. The molecule has 214 valence electrons. The number of halogens is 9. The number of nitrogens with zero attached hydrogens (tertiary/aromatic N) is 1. The molecule has 1 aliphatic heterocycles. The van der Waals surface area contributed by atoms with Crippen LogP contribution in [0.1, 0.15) is 5.56 Å². The summed E-state index contributed by atoms with van der Waals surface area (Å²) in [4.78, 5) is 3.57. The van der Waals surface area contributed by atoms with Crippen molar-refractivity contribution in [2.75, 3.05) is 11.5 Å². The van der Waals surface area contributed by atoms with Crippen LogP contribution in [0.4, 0.5) is 30.2 Å². The summed E-state index contributed by atoms with van der Waals surface area (Å²) in [5.74, 6) is 1.32. The van der Waals surface area contributed by atoms with Gasteiger partial charge in [0.05, 0.1) is 37.2 Å². The van der Waals surface area contributed by atoms with Gasteiger partial charge in [0.1, 0.15) is 28.7 Å². The molecule has 0 fully saturated rings. The van der Waals surface area contributed by atoms with Crippen molar-refractivity contribution < 1.29 is 22.6 Å². The smallest absolute Gasteiger partial charge is 0.429 e. The number of aliphatic imine (C=N–C) groups is 1. The van der Waals surface area contributed by atoms with Gasteiger partial charge in [0.15, 0.2) is 0 Å². The molecule has 0 spiro atoms. The number of rotatable bonds is 4. The first kappa shape index (κ1) is 31.2. The molecule has 0 aliphatic carbocycles. The number of nitrogens with two attached hydrogens (primary N) is 2. The summed E-state index contributed by atoms with van der Waals surface area (Å²) in [6.07, 6.45) is -4.79. The Morgan fingerprint density at radius 1 is 0.610 bits per heavy atom.